The molecule has 2 N–H and O–H groups in total. The molecule has 1 atom stereocenters. The number of carbonyl (C=O) groups is 1. The SMILES string of the molecule is O=C(NCc1ccc(CO)c(F)c1)C1CCCCO1. The molecule has 0 aliphatic carbocycles. The number of aliphatic hydroxyl groups excluding tert-OH is 1. The number of benzene rings is 1. The molecule has 1 heterocycles. The van der Waals surface area contributed by atoms with Gasteiger partial charge in [-0.1, -0.05) is 12.1 Å². The molecule has 19 heavy (non-hydrogen) atoms. The zero-order chi connectivity index (χ0) is 13.7. The fourth-order valence-electron chi connectivity index (χ4n) is 2.08. The van der Waals surface area contributed by atoms with E-state index in [0.717, 1.165) is 19.3 Å². The highest BCUT2D eigenvalue weighted by molar-refractivity contribution is 5.80. The minimum Gasteiger partial charge on any atom is -0.392 e. The summed E-state index contributed by atoms with van der Waals surface area (Å²) < 4.78 is 18.8. The second-order valence-corrected chi connectivity index (χ2v) is 4.66. The molecule has 1 aliphatic rings. The second-order valence-electron chi connectivity index (χ2n) is 4.66. The van der Waals surface area contributed by atoms with E-state index in [1.807, 2.05) is 0 Å². The fraction of sp³-hybridized carbons (Fsp3) is 0.500. The summed E-state index contributed by atoms with van der Waals surface area (Å²) in [6.45, 7) is 0.563. The number of halogens is 1. The van der Waals surface area contributed by atoms with Crippen molar-refractivity contribution in [3.8, 4) is 0 Å². The molecule has 1 aromatic rings. The number of amides is 1. The van der Waals surface area contributed by atoms with Crippen molar-refractivity contribution < 1.29 is 19.0 Å². The minimum absolute atomic E-state index is 0.147. The molecule has 2 rings (SSSR count). The van der Waals surface area contributed by atoms with Gasteiger partial charge in [-0.05, 0) is 30.9 Å². The predicted molar refractivity (Wildman–Crippen MR) is 67.8 cm³/mol. The summed E-state index contributed by atoms with van der Waals surface area (Å²) in [4.78, 5) is 11.8. The van der Waals surface area contributed by atoms with Gasteiger partial charge in [-0.2, -0.15) is 0 Å². The maximum atomic E-state index is 13.4. The molecular formula is C14H18FNO3. The predicted octanol–water partition coefficient (Wildman–Crippen LogP) is 1.50. The zero-order valence-electron chi connectivity index (χ0n) is 10.7. The molecule has 1 aliphatic heterocycles. The van der Waals surface area contributed by atoms with Crippen molar-refractivity contribution in [2.45, 2.75) is 38.5 Å². The average molecular weight is 267 g/mol. The molecule has 104 valence electrons. The summed E-state index contributed by atoms with van der Waals surface area (Å²) in [5.41, 5.74) is 0.921. The van der Waals surface area contributed by atoms with Crippen LogP contribution in [0.3, 0.4) is 0 Å². The van der Waals surface area contributed by atoms with Crippen molar-refractivity contribution in [1.82, 2.24) is 5.32 Å². The number of carbonyl (C=O) groups excluding carboxylic acids is 1. The molecular weight excluding hydrogens is 249 g/mol. The van der Waals surface area contributed by atoms with Crippen LogP contribution in [0.25, 0.3) is 0 Å². The summed E-state index contributed by atoms with van der Waals surface area (Å²) in [7, 11) is 0. The maximum absolute atomic E-state index is 13.4. The van der Waals surface area contributed by atoms with Gasteiger partial charge in [-0.25, -0.2) is 4.39 Å². The quantitative estimate of drug-likeness (QED) is 0.869. The number of ether oxygens (including phenoxy) is 1. The Kier molecular flexibility index (Phi) is 4.87. The molecule has 0 bridgehead atoms. The lowest BCUT2D eigenvalue weighted by Crippen LogP contribution is -2.37. The summed E-state index contributed by atoms with van der Waals surface area (Å²) in [5, 5.41) is 11.6. The van der Waals surface area contributed by atoms with Gasteiger partial charge in [-0.3, -0.25) is 4.79 Å². The first kappa shape index (κ1) is 14.0. The molecule has 0 saturated carbocycles. The van der Waals surface area contributed by atoms with Crippen molar-refractivity contribution in [3.63, 3.8) is 0 Å². The number of rotatable bonds is 4. The highest BCUT2D eigenvalue weighted by atomic mass is 19.1. The Labute approximate surface area is 111 Å². The number of nitrogens with one attached hydrogen (secondary N) is 1. The van der Waals surface area contributed by atoms with Gasteiger partial charge in [0.05, 0.1) is 6.61 Å². The lowest BCUT2D eigenvalue weighted by atomic mass is 10.1. The normalized spacial score (nSPS) is 19.2. The van der Waals surface area contributed by atoms with E-state index in [9.17, 15) is 9.18 Å². The van der Waals surface area contributed by atoms with Crippen molar-refractivity contribution in [3.05, 3.63) is 35.1 Å². The fourth-order valence-corrected chi connectivity index (χ4v) is 2.08. The van der Waals surface area contributed by atoms with Crippen LogP contribution >= 0.6 is 0 Å². The smallest absolute Gasteiger partial charge is 0.249 e. The molecule has 1 unspecified atom stereocenters. The van der Waals surface area contributed by atoms with E-state index in [1.54, 1.807) is 6.07 Å². The van der Waals surface area contributed by atoms with Gasteiger partial charge < -0.3 is 15.2 Å². The van der Waals surface area contributed by atoms with Crippen LogP contribution < -0.4 is 5.32 Å². The van der Waals surface area contributed by atoms with Gasteiger partial charge in [0.15, 0.2) is 0 Å². The summed E-state index contributed by atoms with van der Waals surface area (Å²) in [6.07, 6.45) is 2.36. The van der Waals surface area contributed by atoms with Crippen LogP contribution in [0, 0.1) is 5.82 Å². The Bertz CT molecular complexity index is 444. The third kappa shape index (κ3) is 3.75. The Morgan fingerprint density at radius 3 is 2.95 bits per heavy atom. The van der Waals surface area contributed by atoms with E-state index in [-0.39, 0.29) is 30.7 Å². The summed E-state index contributed by atoms with van der Waals surface area (Å²) in [5.74, 6) is -0.602. The highest BCUT2D eigenvalue weighted by Crippen LogP contribution is 2.13. The van der Waals surface area contributed by atoms with Crippen LogP contribution in [0.4, 0.5) is 4.39 Å². The lowest BCUT2D eigenvalue weighted by molar-refractivity contribution is -0.135. The first-order valence-corrected chi connectivity index (χ1v) is 6.48. The Balaban J connectivity index is 1.87. The Morgan fingerprint density at radius 2 is 2.32 bits per heavy atom. The van der Waals surface area contributed by atoms with Crippen LogP contribution in [0.1, 0.15) is 30.4 Å². The lowest BCUT2D eigenvalue weighted by Gasteiger charge is -2.21. The topological polar surface area (TPSA) is 58.6 Å². The second kappa shape index (κ2) is 6.63. The monoisotopic (exact) mass is 267 g/mol. The zero-order valence-corrected chi connectivity index (χ0v) is 10.7. The minimum atomic E-state index is -0.455. The molecule has 1 aromatic carbocycles. The van der Waals surface area contributed by atoms with Crippen molar-refractivity contribution in [2.75, 3.05) is 6.61 Å². The van der Waals surface area contributed by atoms with Crippen LogP contribution in [-0.4, -0.2) is 23.7 Å². The van der Waals surface area contributed by atoms with E-state index in [4.69, 9.17) is 9.84 Å². The van der Waals surface area contributed by atoms with Crippen molar-refractivity contribution in [2.24, 2.45) is 0 Å². The Morgan fingerprint density at radius 1 is 1.47 bits per heavy atom. The van der Waals surface area contributed by atoms with Crippen LogP contribution in [-0.2, 0) is 22.7 Å². The van der Waals surface area contributed by atoms with Crippen LogP contribution in [0.5, 0.6) is 0 Å². The molecule has 1 saturated heterocycles. The van der Waals surface area contributed by atoms with E-state index >= 15 is 0 Å². The van der Waals surface area contributed by atoms with Crippen LogP contribution in [0.15, 0.2) is 18.2 Å². The van der Waals surface area contributed by atoms with E-state index in [0.29, 0.717) is 12.2 Å². The molecule has 0 radical (unpaired) electrons. The third-order valence-electron chi connectivity index (χ3n) is 3.23. The van der Waals surface area contributed by atoms with Crippen LogP contribution in [0.2, 0.25) is 0 Å². The maximum Gasteiger partial charge on any atom is 0.249 e. The molecule has 1 amide bonds. The van der Waals surface area contributed by atoms with Gasteiger partial charge in [0.1, 0.15) is 11.9 Å². The third-order valence-corrected chi connectivity index (χ3v) is 3.23. The van der Waals surface area contributed by atoms with E-state index < -0.39 is 5.82 Å². The molecule has 4 nitrogen and oxygen atoms in total. The van der Waals surface area contributed by atoms with E-state index in [2.05, 4.69) is 5.32 Å². The number of hydrogen-bond donors (Lipinski definition) is 2. The van der Waals surface area contributed by atoms with Gasteiger partial charge in [0, 0.05) is 18.7 Å². The van der Waals surface area contributed by atoms with Gasteiger partial charge in [0.25, 0.3) is 0 Å². The summed E-state index contributed by atoms with van der Waals surface area (Å²) in [6, 6.07) is 4.54. The van der Waals surface area contributed by atoms with Gasteiger partial charge in [-0.15, -0.1) is 0 Å². The number of hydrogen-bond acceptors (Lipinski definition) is 3. The van der Waals surface area contributed by atoms with E-state index in [1.165, 1.54) is 12.1 Å². The highest BCUT2D eigenvalue weighted by Gasteiger charge is 2.21. The Hall–Kier alpha value is -1.46. The average Bonchev–Trinajstić information content (AvgIpc) is 2.46. The molecule has 5 heteroatoms. The van der Waals surface area contributed by atoms with Crippen molar-refractivity contribution in [1.29, 1.82) is 0 Å². The standard InChI is InChI=1S/C14H18FNO3/c15-12-7-10(4-5-11(12)9-17)8-16-14(18)13-3-1-2-6-19-13/h4-5,7,13,17H,1-3,6,8-9H2,(H,16,18). The van der Waals surface area contributed by atoms with Gasteiger partial charge >= 0.3 is 0 Å². The summed E-state index contributed by atoms with van der Waals surface area (Å²) >= 11 is 0. The molecule has 0 spiro atoms. The first-order chi connectivity index (χ1) is 9.20. The largest absolute Gasteiger partial charge is 0.392 e. The van der Waals surface area contributed by atoms with Gasteiger partial charge in [0.2, 0.25) is 5.91 Å². The van der Waals surface area contributed by atoms with Crippen molar-refractivity contribution >= 4 is 5.91 Å². The first-order valence-electron chi connectivity index (χ1n) is 6.48. The number of aliphatic hydroxyl groups is 1. The molecule has 0 aromatic heterocycles. The molecule has 1 fully saturated rings.